The van der Waals surface area contributed by atoms with Gasteiger partial charge in [-0.25, -0.2) is 4.68 Å². The molecule has 0 radical (unpaired) electrons. The molecule has 0 fully saturated rings. The fraction of sp³-hybridized carbons (Fsp3) is 0.455. The molecule has 0 bridgehead atoms. The molecule has 0 atom stereocenters. The van der Waals surface area contributed by atoms with Crippen molar-refractivity contribution in [2.24, 2.45) is 7.05 Å². The number of nitrogens with one attached hydrogen (secondary N) is 2. The van der Waals surface area contributed by atoms with Crippen LogP contribution in [0.5, 0.6) is 0 Å². The zero-order chi connectivity index (χ0) is 13.8. The first-order valence-corrected chi connectivity index (χ1v) is 6.05. The van der Waals surface area contributed by atoms with Gasteiger partial charge < -0.3 is 5.32 Å². The van der Waals surface area contributed by atoms with E-state index in [1.54, 1.807) is 13.2 Å². The summed E-state index contributed by atoms with van der Waals surface area (Å²) >= 11 is 0. The smallest absolute Gasteiger partial charge is 0.334 e. The molecule has 2 N–H and O–H groups in total. The Morgan fingerprint density at radius 1 is 1.58 bits per heavy atom. The van der Waals surface area contributed by atoms with Crippen molar-refractivity contribution in [3.63, 3.8) is 0 Å². The van der Waals surface area contributed by atoms with Crippen LogP contribution in [0.1, 0.15) is 24.7 Å². The fourth-order valence-corrected chi connectivity index (χ4v) is 1.93. The van der Waals surface area contributed by atoms with Crippen molar-refractivity contribution in [3.8, 4) is 0 Å². The van der Waals surface area contributed by atoms with E-state index < -0.39 is 0 Å². The van der Waals surface area contributed by atoms with E-state index in [2.05, 4.69) is 20.6 Å². The quantitative estimate of drug-likeness (QED) is 0.609. The minimum Gasteiger partial charge on any atom is -0.359 e. The number of nitro groups is 1. The van der Waals surface area contributed by atoms with Gasteiger partial charge in [0, 0.05) is 13.2 Å². The SMILES string of the molecule is CCCc1nn(C)c(NCc2ccn[nH]2)c1[N+](=O)[O-]. The summed E-state index contributed by atoms with van der Waals surface area (Å²) < 4.78 is 1.51. The van der Waals surface area contributed by atoms with Crippen LogP contribution < -0.4 is 5.32 Å². The topological polar surface area (TPSA) is 102 Å². The van der Waals surface area contributed by atoms with Crippen LogP contribution in [0.3, 0.4) is 0 Å². The second-order valence-corrected chi connectivity index (χ2v) is 4.21. The molecular weight excluding hydrogens is 248 g/mol. The predicted molar refractivity (Wildman–Crippen MR) is 69.8 cm³/mol. The normalized spacial score (nSPS) is 10.6. The molecule has 0 saturated carbocycles. The Labute approximate surface area is 110 Å². The van der Waals surface area contributed by atoms with Gasteiger partial charge in [0.1, 0.15) is 5.69 Å². The number of aromatic amines is 1. The molecule has 0 amide bonds. The molecule has 2 aromatic heterocycles. The molecule has 8 nitrogen and oxygen atoms in total. The molecule has 102 valence electrons. The zero-order valence-electron chi connectivity index (χ0n) is 10.9. The molecule has 0 aliphatic carbocycles. The van der Waals surface area contributed by atoms with Gasteiger partial charge in [0.25, 0.3) is 0 Å². The van der Waals surface area contributed by atoms with E-state index in [4.69, 9.17) is 0 Å². The Kier molecular flexibility index (Phi) is 3.79. The monoisotopic (exact) mass is 264 g/mol. The van der Waals surface area contributed by atoms with Crippen LogP contribution in [0.2, 0.25) is 0 Å². The van der Waals surface area contributed by atoms with Crippen molar-refractivity contribution >= 4 is 11.5 Å². The Morgan fingerprint density at radius 3 is 2.95 bits per heavy atom. The van der Waals surface area contributed by atoms with E-state index in [1.807, 2.05) is 13.0 Å². The van der Waals surface area contributed by atoms with Crippen molar-refractivity contribution < 1.29 is 4.92 Å². The molecule has 2 heterocycles. The molecule has 0 saturated heterocycles. The van der Waals surface area contributed by atoms with E-state index in [0.29, 0.717) is 24.5 Å². The Morgan fingerprint density at radius 2 is 2.37 bits per heavy atom. The lowest BCUT2D eigenvalue weighted by molar-refractivity contribution is -0.384. The first kappa shape index (κ1) is 13.1. The van der Waals surface area contributed by atoms with Crippen LogP contribution in [-0.2, 0) is 20.0 Å². The average molecular weight is 264 g/mol. The summed E-state index contributed by atoms with van der Waals surface area (Å²) in [5.74, 6) is 0.419. The lowest BCUT2D eigenvalue weighted by Gasteiger charge is -2.04. The second-order valence-electron chi connectivity index (χ2n) is 4.21. The number of H-pyrrole nitrogens is 1. The highest BCUT2D eigenvalue weighted by Gasteiger charge is 2.25. The largest absolute Gasteiger partial charge is 0.359 e. The summed E-state index contributed by atoms with van der Waals surface area (Å²) in [6.45, 7) is 2.40. The molecule has 2 rings (SSSR count). The van der Waals surface area contributed by atoms with Crippen LogP contribution >= 0.6 is 0 Å². The number of hydrogen-bond donors (Lipinski definition) is 2. The average Bonchev–Trinajstić information content (AvgIpc) is 2.95. The summed E-state index contributed by atoms with van der Waals surface area (Å²) in [6, 6.07) is 1.81. The summed E-state index contributed by atoms with van der Waals surface area (Å²) in [4.78, 5) is 10.8. The number of nitrogens with zero attached hydrogens (tertiary/aromatic N) is 4. The van der Waals surface area contributed by atoms with Gasteiger partial charge >= 0.3 is 5.69 Å². The summed E-state index contributed by atoms with van der Waals surface area (Å²) in [7, 11) is 1.70. The predicted octanol–water partition coefficient (Wildman–Crippen LogP) is 1.62. The summed E-state index contributed by atoms with van der Waals surface area (Å²) in [6.07, 6.45) is 3.05. The third kappa shape index (κ3) is 2.72. The molecule has 2 aromatic rings. The zero-order valence-corrected chi connectivity index (χ0v) is 10.9. The van der Waals surface area contributed by atoms with Gasteiger partial charge in [-0.3, -0.25) is 15.2 Å². The molecule has 0 aromatic carbocycles. The third-order valence-electron chi connectivity index (χ3n) is 2.77. The maximum Gasteiger partial charge on any atom is 0.334 e. The van der Waals surface area contributed by atoms with Gasteiger partial charge in [-0.05, 0) is 12.5 Å². The first-order chi connectivity index (χ1) is 9.13. The molecule has 0 aliphatic rings. The van der Waals surface area contributed by atoms with Gasteiger partial charge in [0.2, 0.25) is 5.82 Å². The van der Waals surface area contributed by atoms with Gasteiger partial charge in [0.15, 0.2) is 0 Å². The molecule has 0 unspecified atom stereocenters. The van der Waals surface area contributed by atoms with Crippen molar-refractivity contribution in [2.45, 2.75) is 26.3 Å². The first-order valence-electron chi connectivity index (χ1n) is 6.05. The van der Waals surface area contributed by atoms with Crippen LogP contribution in [0, 0.1) is 10.1 Å². The standard InChI is InChI=1S/C11H16N6O2/c1-3-4-9-10(17(18)19)11(16(2)15-9)12-7-8-5-6-13-14-8/h5-6,12H,3-4,7H2,1-2H3,(H,13,14). The summed E-state index contributed by atoms with van der Waals surface area (Å²) in [5.41, 5.74) is 1.43. The van der Waals surface area contributed by atoms with Crippen molar-refractivity contribution in [3.05, 3.63) is 33.8 Å². The van der Waals surface area contributed by atoms with Crippen LogP contribution in [0.15, 0.2) is 12.3 Å². The highest BCUT2D eigenvalue weighted by atomic mass is 16.6. The number of aromatic nitrogens is 4. The fourth-order valence-electron chi connectivity index (χ4n) is 1.93. The van der Waals surface area contributed by atoms with Crippen molar-refractivity contribution in [1.82, 2.24) is 20.0 Å². The molecule has 19 heavy (non-hydrogen) atoms. The number of anilines is 1. The van der Waals surface area contributed by atoms with Crippen LogP contribution in [0.4, 0.5) is 11.5 Å². The van der Waals surface area contributed by atoms with Crippen LogP contribution in [-0.4, -0.2) is 24.9 Å². The lowest BCUT2D eigenvalue weighted by atomic mass is 10.2. The lowest BCUT2D eigenvalue weighted by Crippen LogP contribution is -2.06. The molecule has 0 spiro atoms. The van der Waals surface area contributed by atoms with E-state index >= 15 is 0 Å². The molecule has 0 aliphatic heterocycles. The minimum absolute atomic E-state index is 0.0591. The Balaban J connectivity index is 2.25. The second kappa shape index (κ2) is 5.51. The van der Waals surface area contributed by atoms with E-state index in [9.17, 15) is 10.1 Å². The molecule has 8 heteroatoms. The number of hydrogen-bond acceptors (Lipinski definition) is 5. The van der Waals surface area contributed by atoms with E-state index in [0.717, 1.165) is 12.1 Å². The van der Waals surface area contributed by atoms with Crippen molar-refractivity contribution in [2.75, 3.05) is 5.32 Å². The molecular formula is C11H16N6O2. The third-order valence-corrected chi connectivity index (χ3v) is 2.77. The van der Waals surface area contributed by atoms with Crippen molar-refractivity contribution in [1.29, 1.82) is 0 Å². The number of rotatable bonds is 6. The van der Waals surface area contributed by atoms with E-state index in [1.165, 1.54) is 4.68 Å². The van der Waals surface area contributed by atoms with Gasteiger partial charge in [-0.1, -0.05) is 13.3 Å². The summed E-state index contributed by atoms with van der Waals surface area (Å²) in [5, 5.41) is 25.0. The van der Waals surface area contributed by atoms with E-state index in [-0.39, 0.29) is 10.6 Å². The van der Waals surface area contributed by atoms with Gasteiger partial charge in [-0.2, -0.15) is 10.2 Å². The Bertz CT molecular complexity index is 560. The maximum atomic E-state index is 11.2. The van der Waals surface area contributed by atoms with Gasteiger partial charge in [-0.15, -0.1) is 0 Å². The maximum absolute atomic E-state index is 11.2. The van der Waals surface area contributed by atoms with Gasteiger partial charge in [0.05, 0.1) is 17.2 Å². The Hall–Kier alpha value is -2.38. The minimum atomic E-state index is -0.382. The highest BCUT2D eigenvalue weighted by molar-refractivity contribution is 5.59. The number of aryl methyl sites for hydroxylation is 2. The highest BCUT2D eigenvalue weighted by Crippen LogP contribution is 2.29. The van der Waals surface area contributed by atoms with Crippen LogP contribution in [0.25, 0.3) is 0 Å².